The Morgan fingerprint density at radius 1 is 1.18 bits per heavy atom. The molecule has 69 valence electrons. The summed E-state index contributed by atoms with van der Waals surface area (Å²) < 4.78 is 0. The van der Waals surface area contributed by atoms with Gasteiger partial charge in [-0.05, 0) is 0 Å². The predicted molar refractivity (Wildman–Crippen MR) is 54.7 cm³/mol. The molecule has 0 aliphatic carbocycles. The monoisotopic (exact) mass is 291 g/mol. The second-order valence-electron chi connectivity index (χ2n) is 2.90. The van der Waals surface area contributed by atoms with Crippen LogP contribution in [0.15, 0.2) is 0 Å². The molecule has 0 bridgehead atoms. The first-order chi connectivity index (χ1) is 4.83. The van der Waals surface area contributed by atoms with Gasteiger partial charge in [-0.25, -0.2) is 0 Å². The second-order valence-corrected chi connectivity index (χ2v) is 7.79. The van der Waals surface area contributed by atoms with E-state index in [0.29, 0.717) is 0 Å². The first-order valence-corrected chi connectivity index (χ1v) is 11.9. The van der Waals surface area contributed by atoms with E-state index in [1.807, 2.05) is 20.8 Å². The van der Waals surface area contributed by atoms with Crippen LogP contribution in [-0.2, 0) is 20.8 Å². The van der Waals surface area contributed by atoms with Crippen LogP contribution in [0.4, 0.5) is 0 Å². The molecule has 1 N–H and O–H groups in total. The summed E-state index contributed by atoms with van der Waals surface area (Å²) in [4.78, 5) is 0. The van der Waals surface area contributed by atoms with Crippen molar-refractivity contribution in [3.05, 3.63) is 5.73 Å². The summed E-state index contributed by atoms with van der Waals surface area (Å²) >= 11 is -0.826. The Balaban J connectivity index is -0.0000000933. The number of rotatable bonds is 0. The van der Waals surface area contributed by atoms with Crippen LogP contribution >= 0.6 is 17.0 Å². The molecule has 11 heavy (non-hydrogen) atoms. The molecule has 1 radical (unpaired) electrons. The normalized spacial score (nSPS) is 8.36. The van der Waals surface area contributed by atoms with Crippen LogP contribution in [0.5, 0.6) is 0 Å². The average Bonchev–Trinajstić information content (AvgIpc) is 1.62. The predicted octanol–water partition coefficient (Wildman–Crippen LogP) is 3.73. The van der Waals surface area contributed by atoms with Crippen LogP contribution in [0.25, 0.3) is 5.73 Å². The molecule has 0 aromatic heterocycles. The third-order valence-electron chi connectivity index (χ3n) is 0. The number of halogens is 2. The van der Waals surface area contributed by atoms with Gasteiger partial charge in [0.15, 0.2) is 0 Å². The van der Waals surface area contributed by atoms with E-state index in [2.05, 4.69) is 13.1 Å². The molecule has 0 atom stereocenters. The maximum absolute atomic E-state index is 6.94. The van der Waals surface area contributed by atoms with E-state index < -0.39 is 20.8 Å². The second kappa shape index (κ2) is 14.2. The fourth-order valence-corrected chi connectivity index (χ4v) is 0. The standard InChI is InChI=1S/C4H10N.C2H7Si.2ClH.Zr/c1-4(2,3)5;1-3-2;;;/h5H,1-3H3;3H,1-2H3;2*1H;/q-1;;;;+2/p-2. The summed E-state index contributed by atoms with van der Waals surface area (Å²) in [5.41, 5.74) is 6.69. The maximum atomic E-state index is 6.94. The number of hydrogen-bond acceptors (Lipinski definition) is 0. The molecule has 0 heterocycles. The van der Waals surface area contributed by atoms with E-state index in [1.165, 1.54) is 0 Å². The van der Waals surface area contributed by atoms with Crippen LogP contribution in [0.2, 0.25) is 13.1 Å². The van der Waals surface area contributed by atoms with Crippen molar-refractivity contribution >= 4 is 26.5 Å². The van der Waals surface area contributed by atoms with Gasteiger partial charge in [-0.15, -0.1) is 5.54 Å². The van der Waals surface area contributed by atoms with Crippen LogP contribution < -0.4 is 0 Å². The molecule has 0 rings (SSSR count). The fourth-order valence-electron chi connectivity index (χ4n) is 0. The molecule has 0 aliphatic heterocycles. The number of hydrogen-bond donors (Lipinski definition) is 0. The van der Waals surface area contributed by atoms with Crippen molar-refractivity contribution in [3.63, 3.8) is 0 Å². The molecule has 1 nitrogen and oxygen atoms in total. The summed E-state index contributed by atoms with van der Waals surface area (Å²) in [7, 11) is 10.6. The quantitative estimate of drug-likeness (QED) is 0.608. The molecule has 0 unspecified atom stereocenters. The first kappa shape index (κ1) is 18.4. The van der Waals surface area contributed by atoms with Gasteiger partial charge in [-0.1, -0.05) is 33.9 Å². The van der Waals surface area contributed by atoms with E-state index in [1.54, 1.807) is 0 Å². The molecular formula is C6H17Cl2NSiZr-. The number of nitrogens with one attached hydrogen (secondary N) is 1. The zero-order valence-electron chi connectivity index (χ0n) is 7.83. The SMILES string of the molecule is CC(C)(C)[NH-].C[SiH]C.[Cl][Zr][Cl]. The minimum atomic E-state index is -0.826. The fraction of sp³-hybridized carbons (Fsp3) is 1.00. The van der Waals surface area contributed by atoms with Gasteiger partial charge in [0.05, 0.1) is 0 Å². The van der Waals surface area contributed by atoms with E-state index in [-0.39, 0.29) is 5.54 Å². The topological polar surface area (TPSA) is 23.8 Å². The molecule has 0 aromatic carbocycles. The van der Waals surface area contributed by atoms with Gasteiger partial charge in [0.2, 0.25) is 0 Å². The Morgan fingerprint density at radius 2 is 1.18 bits per heavy atom. The van der Waals surface area contributed by atoms with Gasteiger partial charge in [0.25, 0.3) is 0 Å². The summed E-state index contributed by atoms with van der Waals surface area (Å²) in [5, 5.41) is 0. The van der Waals surface area contributed by atoms with E-state index >= 15 is 0 Å². The molecule has 0 amide bonds. The van der Waals surface area contributed by atoms with Crippen molar-refractivity contribution < 1.29 is 20.8 Å². The molecule has 0 saturated heterocycles. The molecular weight excluding hydrogens is 276 g/mol. The van der Waals surface area contributed by atoms with Crippen molar-refractivity contribution in [1.82, 2.24) is 0 Å². The zero-order chi connectivity index (χ0) is 9.91. The Morgan fingerprint density at radius 3 is 1.18 bits per heavy atom. The zero-order valence-corrected chi connectivity index (χ0v) is 13.0. The van der Waals surface area contributed by atoms with Gasteiger partial charge in [0.1, 0.15) is 0 Å². The van der Waals surface area contributed by atoms with Crippen LogP contribution in [-0.4, -0.2) is 15.1 Å². The Labute approximate surface area is 91.9 Å². The molecule has 0 fully saturated rings. The van der Waals surface area contributed by atoms with E-state index in [0.717, 1.165) is 9.52 Å². The first-order valence-electron chi connectivity index (χ1n) is 3.28. The summed E-state index contributed by atoms with van der Waals surface area (Å²) in [6.45, 7) is 9.98. The average molecular weight is 293 g/mol. The van der Waals surface area contributed by atoms with Crippen molar-refractivity contribution in [3.8, 4) is 0 Å². The van der Waals surface area contributed by atoms with Gasteiger partial charge in [-0.3, -0.25) is 0 Å². The van der Waals surface area contributed by atoms with Crippen LogP contribution in [0.3, 0.4) is 0 Å². The van der Waals surface area contributed by atoms with Gasteiger partial charge >= 0.3 is 37.9 Å². The minimum absolute atomic E-state index is 0.250. The molecule has 5 heteroatoms. The van der Waals surface area contributed by atoms with Crippen molar-refractivity contribution in [2.24, 2.45) is 0 Å². The van der Waals surface area contributed by atoms with Crippen molar-refractivity contribution in [2.45, 2.75) is 39.4 Å². The molecule has 0 spiro atoms. The van der Waals surface area contributed by atoms with Crippen LogP contribution in [0, 0.1) is 0 Å². The van der Waals surface area contributed by atoms with Crippen molar-refractivity contribution in [1.29, 1.82) is 0 Å². The molecule has 0 aromatic rings. The Hall–Kier alpha value is 1.64. The third-order valence-corrected chi connectivity index (χ3v) is 0. The Bertz CT molecular complexity index is 51.0. The summed E-state index contributed by atoms with van der Waals surface area (Å²) in [5.74, 6) is 0. The van der Waals surface area contributed by atoms with Gasteiger partial charge in [0, 0.05) is 9.52 Å². The third kappa shape index (κ3) is 402. The molecule has 0 saturated carbocycles. The van der Waals surface area contributed by atoms with Crippen LogP contribution in [0.1, 0.15) is 20.8 Å². The summed E-state index contributed by atoms with van der Waals surface area (Å²) in [6.07, 6.45) is 0. The Kier molecular flexibility index (Phi) is 23.8. The van der Waals surface area contributed by atoms with Gasteiger partial charge < -0.3 is 5.73 Å². The molecule has 0 aliphatic rings. The van der Waals surface area contributed by atoms with E-state index in [4.69, 9.17) is 22.8 Å². The summed E-state index contributed by atoms with van der Waals surface area (Å²) in [6, 6.07) is 0. The van der Waals surface area contributed by atoms with E-state index in [9.17, 15) is 0 Å². The van der Waals surface area contributed by atoms with Gasteiger partial charge in [-0.2, -0.15) is 0 Å². The van der Waals surface area contributed by atoms with Crippen molar-refractivity contribution in [2.75, 3.05) is 0 Å².